The molecule has 2 unspecified atom stereocenters. The third-order valence-electron chi connectivity index (χ3n) is 2.83. The molecule has 0 saturated heterocycles. The largest absolute Gasteiger partial charge is 0.393 e. The van der Waals surface area contributed by atoms with Gasteiger partial charge in [-0.25, -0.2) is 4.98 Å². The summed E-state index contributed by atoms with van der Waals surface area (Å²) in [4.78, 5) is 4.17. The monoisotopic (exact) mass is 192 g/mol. The van der Waals surface area contributed by atoms with Gasteiger partial charge in [0.2, 0.25) is 0 Å². The van der Waals surface area contributed by atoms with Gasteiger partial charge < -0.3 is 10.4 Å². The molecule has 1 aromatic rings. The van der Waals surface area contributed by atoms with Crippen LogP contribution in [0, 0.1) is 5.92 Å². The summed E-state index contributed by atoms with van der Waals surface area (Å²) in [5.41, 5.74) is 0. The van der Waals surface area contributed by atoms with Gasteiger partial charge in [0.25, 0.3) is 0 Å². The van der Waals surface area contributed by atoms with E-state index >= 15 is 0 Å². The van der Waals surface area contributed by atoms with Crippen molar-refractivity contribution in [2.45, 2.75) is 25.4 Å². The molecule has 1 aliphatic carbocycles. The average molecular weight is 192 g/mol. The van der Waals surface area contributed by atoms with Crippen LogP contribution in [0.1, 0.15) is 19.3 Å². The van der Waals surface area contributed by atoms with E-state index in [1.54, 1.807) is 6.20 Å². The van der Waals surface area contributed by atoms with E-state index in [4.69, 9.17) is 0 Å². The van der Waals surface area contributed by atoms with E-state index in [0.29, 0.717) is 5.92 Å². The second-order valence-corrected chi connectivity index (χ2v) is 3.85. The number of aromatic nitrogens is 1. The lowest BCUT2D eigenvalue weighted by molar-refractivity contribution is 0.138. The van der Waals surface area contributed by atoms with E-state index in [0.717, 1.165) is 31.6 Å². The van der Waals surface area contributed by atoms with Crippen molar-refractivity contribution in [1.82, 2.24) is 4.98 Å². The Morgan fingerprint density at radius 1 is 1.43 bits per heavy atom. The summed E-state index contributed by atoms with van der Waals surface area (Å²) in [5.74, 6) is 1.30. The van der Waals surface area contributed by atoms with Crippen molar-refractivity contribution in [3.8, 4) is 0 Å². The summed E-state index contributed by atoms with van der Waals surface area (Å²) < 4.78 is 0. The molecular weight excluding hydrogens is 176 g/mol. The van der Waals surface area contributed by atoms with Gasteiger partial charge in [0.15, 0.2) is 0 Å². The van der Waals surface area contributed by atoms with Crippen molar-refractivity contribution >= 4 is 5.82 Å². The van der Waals surface area contributed by atoms with E-state index in [1.807, 2.05) is 18.2 Å². The Morgan fingerprint density at radius 2 is 2.36 bits per heavy atom. The van der Waals surface area contributed by atoms with Crippen LogP contribution in [0.2, 0.25) is 0 Å². The molecule has 2 atom stereocenters. The molecule has 0 spiro atoms. The van der Waals surface area contributed by atoms with Crippen molar-refractivity contribution in [3.05, 3.63) is 24.4 Å². The molecule has 1 saturated carbocycles. The normalized spacial score (nSPS) is 26.4. The Morgan fingerprint density at radius 3 is 3.00 bits per heavy atom. The van der Waals surface area contributed by atoms with Crippen LogP contribution < -0.4 is 5.32 Å². The van der Waals surface area contributed by atoms with Crippen LogP contribution in [0.25, 0.3) is 0 Å². The fourth-order valence-corrected chi connectivity index (χ4v) is 1.96. The Hall–Kier alpha value is -1.09. The zero-order valence-electron chi connectivity index (χ0n) is 8.19. The number of nitrogens with zero attached hydrogens (tertiary/aromatic N) is 1. The molecule has 0 radical (unpaired) electrons. The van der Waals surface area contributed by atoms with Crippen molar-refractivity contribution in [2.75, 3.05) is 11.9 Å². The quantitative estimate of drug-likeness (QED) is 0.765. The minimum absolute atomic E-state index is 0.119. The van der Waals surface area contributed by atoms with Crippen LogP contribution in [0.4, 0.5) is 5.82 Å². The molecule has 0 bridgehead atoms. The number of anilines is 1. The average Bonchev–Trinajstić information content (AvgIpc) is 2.63. The molecule has 2 rings (SSSR count). The molecule has 1 aromatic heterocycles. The lowest BCUT2D eigenvalue weighted by Gasteiger charge is -2.15. The fourth-order valence-electron chi connectivity index (χ4n) is 1.96. The Bertz CT molecular complexity index is 276. The Balaban J connectivity index is 1.82. The topological polar surface area (TPSA) is 45.1 Å². The van der Waals surface area contributed by atoms with Crippen molar-refractivity contribution in [1.29, 1.82) is 0 Å². The number of pyridine rings is 1. The first-order chi connectivity index (χ1) is 6.86. The van der Waals surface area contributed by atoms with E-state index < -0.39 is 0 Å². The summed E-state index contributed by atoms with van der Waals surface area (Å²) in [6, 6.07) is 5.80. The predicted octanol–water partition coefficient (Wildman–Crippen LogP) is 1.65. The molecule has 76 valence electrons. The van der Waals surface area contributed by atoms with Gasteiger partial charge in [0, 0.05) is 18.7 Å². The van der Waals surface area contributed by atoms with Crippen LogP contribution in [0.3, 0.4) is 0 Å². The Kier molecular flexibility index (Phi) is 2.99. The minimum Gasteiger partial charge on any atom is -0.393 e. The number of rotatable bonds is 3. The van der Waals surface area contributed by atoms with Crippen LogP contribution >= 0.6 is 0 Å². The van der Waals surface area contributed by atoms with Gasteiger partial charge in [0.05, 0.1) is 6.10 Å². The lowest BCUT2D eigenvalue weighted by atomic mass is 10.1. The number of aliphatic hydroxyl groups is 1. The number of hydrogen-bond donors (Lipinski definition) is 2. The van der Waals surface area contributed by atoms with Gasteiger partial charge in [-0.15, -0.1) is 0 Å². The molecule has 1 aliphatic rings. The van der Waals surface area contributed by atoms with Crippen molar-refractivity contribution in [3.63, 3.8) is 0 Å². The number of nitrogens with one attached hydrogen (secondary N) is 1. The summed E-state index contributed by atoms with van der Waals surface area (Å²) in [7, 11) is 0. The SMILES string of the molecule is OC1CCCC1CNc1ccccn1. The summed E-state index contributed by atoms with van der Waals surface area (Å²) in [6.45, 7) is 0.832. The molecule has 3 nitrogen and oxygen atoms in total. The third-order valence-corrected chi connectivity index (χ3v) is 2.83. The second-order valence-electron chi connectivity index (χ2n) is 3.85. The van der Waals surface area contributed by atoms with Gasteiger partial charge in [0.1, 0.15) is 5.82 Å². The van der Waals surface area contributed by atoms with Crippen molar-refractivity contribution in [2.24, 2.45) is 5.92 Å². The fraction of sp³-hybridized carbons (Fsp3) is 0.545. The Labute approximate surface area is 84.2 Å². The van der Waals surface area contributed by atoms with Gasteiger partial charge in [-0.1, -0.05) is 12.5 Å². The highest BCUT2D eigenvalue weighted by atomic mass is 16.3. The number of hydrogen-bond acceptors (Lipinski definition) is 3. The molecular formula is C11H16N2O. The van der Waals surface area contributed by atoms with Crippen molar-refractivity contribution < 1.29 is 5.11 Å². The standard InChI is InChI=1S/C11H16N2O/c14-10-5-3-4-9(10)8-13-11-6-1-2-7-12-11/h1-2,6-7,9-10,14H,3-5,8H2,(H,12,13). The zero-order valence-corrected chi connectivity index (χ0v) is 8.19. The van der Waals surface area contributed by atoms with Gasteiger partial charge in [-0.05, 0) is 25.0 Å². The zero-order chi connectivity index (χ0) is 9.80. The van der Waals surface area contributed by atoms with E-state index in [9.17, 15) is 5.11 Å². The highest BCUT2D eigenvalue weighted by molar-refractivity contribution is 5.33. The third kappa shape index (κ3) is 2.23. The second kappa shape index (κ2) is 4.42. The molecule has 1 fully saturated rings. The van der Waals surface area contributed by atoms with Crippen LogP contribution in [0.15, 0.2) is 24.4 Å². The molecule has 2 N–H and O–H groups in total. The first-order valence-corrected chi connectivity index (χ1v) is 5.19. The minimum atomic E-state index is -0.119. The molecule has 1 heterocycles. The predicted molar refractivity (Wildman–Crippen MR) is 56.1 cm³/mol. The molecule has 0 aromatic carbocycles. The molecule has 0 amide bonds. The van der Waals surface area contributed by atoms with Gasteiger partial charge in [-0.3, -0.25) is 0 Å². The highest BCUT2D eigenvalue weighted by Crippen LogP contribution is 2.25. The van der Waals surface area contributed by atoms with Gasteiger partial charge >= 0.3 is 0 Å². The highest BCUT2D eigenvalue weighted by Gasteiger charge is 2.24. The smallest absolute Gasteiger partial charge is 0.125 e. The maximum atomic E-state index is 9.61. The summed E-state index contributed by atoms with van der Waals surface area (Å²) in [5, 5.41) is 12.9. The van der Waals surface area contributed by atoms with E-state index in [-0.39, 0.29) is 6.10 Å². The maximum absolute atomic E-state index is 9.61. The van der Waals surface area contributed by atoms with E-state index in [2.05, 4.69) is 10.3 Å². The van der Waals surface area contributed by atoms with Crippen LogP contribution in [-0.2, 0) is 0 Å². The van der Waals surface area contributed by atoms with Gasteiger partial charge in [-0.2, -0.15) is 0 Å². The molecule has 14 heavy (non-hydrogen) atoms. The van der Waals surface area contributed by atoms with Crippen LogP contribution in [0.5, 0.6) is 0 Å². The first-order valence-electron chi connectivity index (χ1n) is 5.19. The number of aliphatic hydroxyl groups excluding tert-OH is 1. The van der Waals surface area contributed by atoms with Crippen LogP contribution in [-0.4, -0.2) is 22.7 Å². The van der Waals surface area contributed by atoms with E-state index in [1.165, 1.54) is 0 Å². The summed E-state index contributed by atoms with van der Waals surface area (Å²) >= 11 is 0. The molecule has 3 heteroatoms. The lowest BCUT2D eigenvalue weighted by Crippen LogP contribution is -2.22. The first kappa shape index (κ1) is 9.46. The maximum Gasteiger partial charge on any atom is 0.125 e. The molecule has 0 aliphatic heterocycles. The summed E-state index contributed by atoms with van der Waals surface area (Å²) in [6.07, 6.45) is 4.88.